The van der Waals surface area contributed by atoms with E-state index >= 15 is 0 Å². The molecule has 0 unspecified atom stereocenters. The van der Waals surface area contributed by atoms with Gasteiger partial charge < -0.3 is 15.2 Å². The minimum absolute atomic E-state index is 0.586. The van der Waals surface area contributed by atoms with Gasteiger partial charge >= 0.3 is 0 Å². The average Bonchev–Trinajstić information content (AvgIpc) is 2.77. The molecule has 4 rings (SSSR count). The second-order valence-corrected chi connectivity index (χ2v) is 7.02. The van der Waals surface area contributed by atoms with Crippen molar-refractivity contribution in [2.75, 3.05) is 20.0 Å². The molecule has 0 amide bonds. The van der Waals surface area contributed by atoms with Crippen molar-refractivity contribution in [1.82, 2.24) is 4.98 Å². The van der Waals surface area contributed by atoms with Crippen molar-refractivity contribution in [2.45, 2.75) is 12.8 Å². The number of hydrogen-bond donors (Lipinski definition) is 1. The molecular weight excluding hydrogens is 360 g/mol. The van der Waals surface area contributed by atoms with Gasteiger partial charge in [-0.25, -0.2) is 4.98 Å². The SMILES string of the molecule is COc1ccc(Cc2c(N)nc3ccccc3c2Cc2ccc(OC)cc2)cc1. The normalized spacial score (nSPS) is 10.8. The summed E-state index contributed by atoms with van der Waals surface area (Å²) in [6.07, 6.45) is 1.50. The summed E-state index contributed by atoms with van der Waals surface area (Å²) in [5.41, 5.74) is 12.0. The molecule has 0 saturated heterocycles. The Balaban J connectivity index is 1.78. The highest BCUT2D eigenvalue weighted by atomic mass is 16.5. The Hall–Kier alpha value is -3.53. The number of anilines is 1. The predicted molar refractivity (Wildman–Crippen MR) is 118 cm³/mol. The first-order valence-electron chi connectivity index (χ1n) is 9.59. The molecular formula is C25H24N2O2. The largest absolute Gasteiger partial charge is 0.497 e. The molecule has 0 aliphatic rings. The topological polar surface area (TPSA) is 57.4 Å². The van der Waals surface area contributed by atoms with Crippen molar-refractivity contribution in [2.24, 2.45) is 0 Å². The van der Waals surface area contributed by atoms with Crippen molar-refractivity contribution in [3.63, 3.8) is 0 Å². The van der Waals surface area contributed by atoms with Gasteiger partial charge in [0.25, 0.3) is 0 Å². The summed E-state index contributed by atoms with van der Waals surface area (Å²) in [6, 6.07) is 24.5. The van der Waals surface area contributed by atoms with Crippen LogP contribution in [0.1, 0.15) is 22.3 Å². The first-order valence-corrected chi connectivity index (χ1v) is 9.59. The molecule has 4 nitrogen and oxygen atoms in total. The van der Waals surface area contributed by atoms with Crippen LogP contribution < -0.4 is 15.2 Å². The van der Waals surface area contributed by atoms with E-state index in [0.29, 0.717) is 5.82 Å². The van der Waals surface area contributed by atoms with Crippen LogP contribution >= 0.6 is 0 Å². The van der Waals surface area contributed by atoms with Gasteiger partial charge in [0.05, 0.1) is 19.7 Å². The van der Waals surface area contributed by atoms with E-state index in [0.717, 1.165) is 40.8 Å². The number of nitrogens with zero attached hydrogens (tertiary/aromatic N) is 1. The number of ether oxygens (including phenoxy) is 2. The third kappa shape index (κ3) is 4.02. The number of aromatic nitrogens is 1. The number of pyridine rings is 1. The minimum Gasteiger partial charge on any atom is -0.497 e. The summed E-state index contributed by atoms with van der Waals surface area (Å²) in [5.74, 6) is 2.28. The number of rotatable bonds is 6. The summed E-state index contributed by atoms with van der Waals surface area (Å²) >= 11 is 0. The Labute approximate surface area is 170 Å². The van der Waals surface area contributed by atoms with E-state index in [4.69, 9.17) is 15.2 Å². The molecule has 0 bridgehead atoms. The van der Waals surface area contributed by atoms with Crippen LogP contribution in [0.15, 0.2) is 72.8 Å². The Morgan fingerprint density at radius 3 is 1.76 bits per heavy atom. The quantitative estimate of drug-likeness (QED) is 0.507. The van der Waals surface area contributed by atoms with Crippen LogP contribution in [0.4, 0.5) is 5.82 Å². The highest BCUT2D eigenvalue weighted by Gasteiger charge is 2.15. The van der Waals surface area contributed by atoms with E-state index in [2.05, 4.69) is 41.4 Å². The van der Waals surface area contributed by atoms with E-state index in [1.54, 1.807) is 14.2 Å². The molecule has 4 heteroatoms. The van der Waals surface area contributed by atoms with Gasteiger partial charge in [-0.1, -0.05) is 42.5 Å². The third-order valence-electron chi connectivity index (χ3n) is 5.22. The highest BCUT2D eigenvalue weighted by Crippen LogP contribution is 2.30. The van der Waals surface area contributed by atoms with Crippen molar-refractivity contribution < 1.29 is 9.47 Å². The minimum atomic E-state index is 0.586. The lowest BCUT2D eigenvalue weighted by Crippen LogP contribution is -2.06. The number of benzene rings is 3. The Kier molecular flexibility index (Phi) is 5.34. The number of hydrogen-bond acceptors (Lipinski definition) is 4. The molecule has 0 saturated carbocycles. The summed E-state index contributed by atoms with van der Waals surface area (Å²) in [4.78, 5) is 4.67. The molecule has 0 spiro atoms. The number of para-hydroxylation sites is 1. The lowest BCUT2D eigenvalue weighted by molar-refractivity contribution is 0.414. The lowest BCUT2D eigenvalue weighted by atomic mass is 9.92. The van der Waals surface area contributed by atoms with E-state index in [-0.39, 0.29) is 0 Å². The fourth-order valence-electron chi connectivity index (χ4n) is 3.63. The molecule has 2 N–H and O–H groups in total. The van der Waals surface area contributed by atoms with Gasteiger partial charge in [-0.3, -0.25) is 0 Å². The molecule has 1 heterocycles. The molecule has 146 valence electrons. The molecule has 0 aliphatic heterocycles. The van der Waals surface area contributed by atoms with Crippen LogP contribution in [0.5, 0.6) is 11.5 Å². The van der Waals surface area contributed by atoms with Crippen LogP contribution in [0, 0.1) is 0 Å². The van der Waals surface area contributed by atoms with Gasteiger partial charge in [0, 0.05) is 17.4 Å². The average molecular weight is 384 g/mol. The zero-order valence-corrected chi connectivity index (χ0v) is 16.7. The maximum absolute atomic E-state index is 6.43. The summed E-state index contributed by atoms with van der Waals surface area (Å²) < 4.78 is 10.6. The maximum atomic E-state index is 6.43. The van der Waals surface area contributed by atoms with Crippen LogP contribution in [-0.4, -0.2) is 19.2 Å². The molecule has 0 radical (unpaired) electrons. The smallest absolute Gasteiger partial charge is 0.127 e. The summed E-state index contributed by atoms with van der Waals surface area (Å²) in [7, 11) is 3.35. The zero-order chi connectivity index (χ0) is 20.2. The van der Waals surface area contributed by atoms with Crippen molar-refractivity contribution >= 4 is 16.7 Å². The Bertz CT molecular complexity index is 1120. The maximum Gasteiger partial charge on any atom is 0.127 e. The van der Waals surface area contributed by atoms with Gasteiger partial charge in [-0.2, -0.15) is 0 Å². The zero-order valence-electron chi connectivity index (χ0n) is 16.7. The summed E-state index contributed by atoms with van der Waals surface area (Å²) in [6.45, 7) is 0. The van der Waals surface area contributed by atoms with Crippen molar-refractivity contribution in [3.05, 3.63) is 95.1 Å². The number of fused-ring (bicyclic) bond motifs is 1. The number of nitrogens with two attached hydrogens (primary N) is 1. The van der Waals surface area contributed by atoms with Gasteiger partial charge in [0.1, 0.15) is 17.3 Å². The molecule has 0 aliphatic carbocycles. The first kappa shape index (κ1) is 18.8. The number of methoxy groups -OCH3 is 2. The Morgan fingerprint density at radius 2 is 1.21 bits per heavy atom. The molecule has 0 atom stereocenters. The predicted octanol–water partition coefficient (Wildman–Crippen LogP) is 5.02. The van der Waals surface area contributed by atoms with Crippen LogP contribution in [0.25, 0.3) is 10.9 Å². The molecule has 4 aromatic rings. The third-order valence-corrected chi connectivity index (χ3v) is 5.22. The number of nitrogen functional groups attached to an aromatic ring is 1. The molecule has 3 aromatic carbocycles. The van der Waals surface area contributed by atoms with E-state index in [1.165, 1.54) is 16.7 Å². The van der Waals surface area contributed by atoms with Gasteiger partial charge in [-0.15, -0.1) is 0 Å². The molecule has 0 fully saturated rings. The molecule has 1 aromatic heterocycles. The standard InChI is InChI=1S/C25H24N2O2/c1-28-19-11-7-17(8-12-19)15-22-21-5-3-4-6-24(21)27-25(26)23(22)16-18-9-13-20(29-2)14-10-18/h3-14H,15-16H2,1-2H3,(H2,26,27). The van der Waals surface area contributed by atoms with E-state index < -0.39 is 0 Å². The van der Waals surface area contributed by atoms with Crippen LogP contribution in [0.3, 0.4) is 0 Å². The van der Waals surface area contributed by atoms with Gasteiger partial charge in [0.15, 0.2) is 0 Å². The second-order valence-electron chi connectivity index (χ2n) is 7.02. The van der Waals surface area contributed by atoms with Crippen molar-refractivity contribution in [3.8, 4) is 11.5 Å². The van der Waals surface area contributed by atoms with Crippen LogP contribution in [-0.2, 0) is 12.8 Å². The van der Waals surface area contributed by atoms with Gasteiger partial charge in [0.2, 0.25) is 0 Å². The van der Waals surface area contributed by atoms with Crippen molar-refractivity contribution in [1.29, 1.82) is 0 Å². The fraction of sp³-hybridized carbons (Fsp3) is 0.160. The Morgan fingerprint density at radius 1 is 0.690 bits per heavy atom. The monoisotopic (exact) mass is 384 g/mol. The first-order chi connectivity index (χ1) is 14.2. The van der Waals surface area contributed by atoms with E-state index in [9.17, 15) is 0 Å². The fourth-order valence-corrected chi connectivity index (χ4v) is 3.63. The van der Waals surface area contributed by atoms with Crippen LogP contribution in [0.2, 0.25) is 0 Å². The highest BCUT2D eigenvalue weighted by molar-refractivity contribution is 5.86. The molecule has 29 heavy (non-hydrogen) atoms. The lowest BCUT2D eigenvalue weighted by Gasteiger charge is -2.16. The van der Waals surface area contributed by atoms with E-state index in [1.807, 2.05) is 36.4 Å². The summed E-state index contributed by atoms with van der Waals surface area (Å²) in [5, 5.41) is 1.14. The second kappa shape index (κ2) is 8.23. The van der Waals surface area contributed by atoms with Gasteiger partial charge in [-0.05, 0) is 53.4 Å².